The molecule has 0 N–H and O–H groups in total. The highest BCUT2D eigenvalue weighted by Gasteiger charge is 2.24. The van der Waals surface area contributed by atoms with Crippen molar-refractivity contribution in [2.75, 3.05) is 13.2 Å². The molecule has 124 valence electrons. The Morgan fingerprint density at radius 3 is 2.09 bits per heavy atom. The maximum absolute atomic E-state index is 12.3. The van der Waals surface area contributed by atoms with Gasteiger partial charge in [-0.3, -0.25) is 4.79 Å². The van der Waals surface area contributed by atoms with Gasteiger partial charge in [0.15, 0.2) is 11.5 Å². The summed E-state index contributed by atoms with van der Waals surface area (Å²) in [5, 5.41) is 0. The van der Waals surface area contributed by atoms with Gasteiger partial charge in [-0.15, -0.1) is 0 Å². The van der Waals surface area contributed by atoms with Crippen LogP contribution in [0.15, 0.2) is 18.2 Å². The van der Waals surface area contributed by atoms with E-state index >= 15 is 0 Å². The zero-order valence-corrected chi connectivity index (χ0v) is 14.6. The summed E-state index contributed by atoms with van der Waals surface area (Å²) in [4.78, 5) is 12.3. The normalized spacial score (nSPS) is 12.3. The second-order valence-corrected chi connectivity index (χ2v) is 5.94. The summed E-state index contributed by atoms with van der Waals surface area (Å²) in [6.07, 6.45) is 2.46. The summed E-state index contributed by atoms with van der Waals surface area (Å²) < 4.78 is 11.6. The highest BCUT2D eigenvalue weighted by molar-refractivity contribution is 5.86. The van der Waals surface area contributed by atoms with E-state index in [4.69, 9.17) is 9.47 Å². The first kappa shape index (κ1) is 18.5. The number of hydrogen-bond acceptors (Lipinski definition) is 3. The Hall–Kier alpha value is -1.51. The molecule has 1 unspecified atom stereocenters. The summed E-state index contributed by atoms with van der Waals surface area (Å²) >= 11 is 0. The van der Waals surface area contributed by atoms with Crippen LogP contribution in [0.1, 0.15) is 65.4 Å². The van der Waals surface area contributed by atoms with Crippen molar-refractivity contribution >= 4 is 5.78 Å². The lowest BCUT2D eigenvalue weighted by Crippen LogP contribution is -2.17. The van der Waals surface area contributed by atoms with E-state index in [-0.39, 0.29) is 17.6 Å². The Bertz CT molecular complexity index is 466. The first-order valence-electron chi connectivity index (χ1n) is 8.47. The first-order valence-corrected chi connectivity index (χ1v) is 8.47. The number of ketones is 1. The van der Waals surface area contributed by atoms with Gasteiger partial charge in [0.2, 0.25) is 0 Å². The fraction of sp³-hybridized carbons (Fsp3) is 0.632. The first-order chi connectivity index (χ1) is 10.5. The second-order valence-electron chi connectivity index (χ2n) is 5.94. The van der Waals surface area contributed by atoms with Crippen molar-refractivity contribution in [3.63, 3.8) is 0 Å². The topological polar surface area (TPSA) is 35.5 Å². The summed E-state index contributed by atoms with van der Waals surface area (Å²) in [7, 11) is 0. The molecule has 0 radical (unpaired) electrons. The molecule has 0 saturated carbocycles. The summed E-state index contributed by atoms with van der Waals surface area (Å²) in [6.45, 7) is 11.6. The number of carbonyl (C=O) groups excluding carboxylic acids is 1. The van der Waals surface area contributed by atoms with E-state index in [1.807, 2.05) is 25.1 Å². The van der Waals surface area contributed by atoms with Crippen LogP contribution in [-0.4, -0.2) is 19.0 Å². The number of benzene rings is 1. The minimum Gasteiger partial charge on any atom is -0.490 e. The molecular formula is C19H30O3. The molecule has 0 bridgehead atoms. The highest BCUT2D eigenvalue weighted by atomic mass is 16.5. The van der Waals surface area contributed by atoms with E-state index in [0.717, 1.165) is 29.9 Å². The van der Waals surface area contributed by atoms with Crippen LogP contribution in [0.5, 0.6) is 11.5 Å². The van der Waals surface area contributed by atoms with Crippen molar-refractivity contribution in [3.05, 3.63) is 23.8 Å². The van der Waals surface area contributed by atoms with Gasteiger partial charge in [-0.2, -0.15) is 0 Å². The lowest BCUT2D eigenvalue weighted by atomic mass is 9.84. The molecule has 3 heteroatoms. The third-order valence-electron chi connectivity index (χ3n) is 3.61. The van der Waals surface area contributed by atoms with E-state index in [1.165, 1.54) is 0 Å². The zero-order valence-electron chi connectivity index (χ0n) is 14.6. The molecule has 22 heavy (non-hydrogen) atoms. The Labute approximate surface area is 135 Å². The molecule has 0 aliphatic carbocycles. The Morgan fingerprint density at radius 1 is 1.00 bits per heavy atom. The van der Waals surface area contributed by atoms with E-state index in [2.05, 4.69) is 27.7 Å². The fourth-order valence-corrected chi connectivity index (χ4v) is 2.54. The summed E-state index contributed by atoms with van der Waals surface area (Å²) in [6, 6.07) is 5.93. The third-order valence-corrected chi connectivity index (χ3v) is 3.61. The minimum absolute atomic E-state index is 0.0748. The van der Waals surface area contributed by atoms with Gasteiger partial charge in [-0.1, -0.05) is 40.7 Å². The summed E-state index contributed by atoms with van der Waals surface area (Å²) in [5.74, 6) is 2.00. The van der Waals surface area contributed by atoms with Gasteiger partial charge in [0, 0.05) is 12.3 Å². The Morgan fingerprint density at radius 2 is 1.59 bits per heavy atom. The van der Waals surface area contributed by atoms with Crippen LogP contribution >= 0.6 is 0 Å². The molecule has 0 spiro atoms. The van der Waals surface area contributed by atoms with Crippen molar-refractivity contribution in [1.82, 2.24) is 0 Å². The molecule has 0 aliphatic rings. The maximum Gasteiger partial charge on any atom is 0.161 e. The predicted molar refractivity (Wildman–Crippen MR) is 90.9 cm³/mol. The molecule has 1 rings (SSSR count). The van der Waals surface area contributed by atoms with Crippen LogP contribution in [0.2, 0.25) is 0 Å². The Kier molecular flexibility index (Phi) is 8.00. The minimum atomic E-state index is -0.0748. The molecule has 0 aliphatic heterocycles. The molecule has 0 heterocycles. The van der Waals surface area contributed by atoms with Gasteiger partial charge >= 0.3 is 0 Å². The molecule has 0 saturated heterocycles. The second kappa shape index (κ2) is 9.50. The molecule has 0 fully saturated rings. The van der Waals surface area contributed by atoms with E-state index in [9.17, 15) is 4.79 Å². The number of carbonyl (C=O) groups is 1. The fourth-order valence-electron chi connectivity index (χ4n) is 2.54. The van der Waals surface area contributed by atoms with Crippen LogP contribution in [-0.2, 0) is 4.79 Å². The van der Waals surface area contributed by atoms with E-state index in [1.54, 1.807) is 0 Å². The molecule has 1 aromatic carbocycles. The van der Waals surface area contributed by atoms with Crippen LogP contribution in [0.3, 0.4) is 0 Å². The SMILES string of the molecule is CCCOc1ccc(C(C(=O)CC)C(C)C)cc1OCCC. The Balaban J connectivity index is 3.11. The van der Waals surface area contributed by atoms with E-state index < -0.39 is 0 Å². The van der Waals surface area contributed by atoms with E-state index in [0.29, 0.717) is 19.6 Å². The van der Waals surface area contributed by atoms with Crippen molar-refractivity contribution in [2.24, 2.45) is 5.92 Å². The smallest absolute Gasteiger partial charge is 0.161 e. The maximum atomic E-state index is 12.3. The number of hydrogen-bond donors (Lipinski definition) is 0. The molecular weight excluding hydrogens is 276 g/mol. The molecule has 1 aromatic rings. The monoisotopic (exact) mass is 306 g/mol. The van der Waals surface area contributed by atoms with Crippen molar-refractivity contribution < 1.29 is 14.3 Å². The van der Waals surface area contributed by atoms with Crippen LogP contribution in [0.25, 0.3) is 0 Å². The number of Topliss-reactive ketones (excluding diaryl/α,β-unsaturated/α-hetero) is 1. The molecule has 0 amide bonds. The average molecular weight is 306 g/mol. The van der Waals surface area contributed by atoms with Crippen LogP contribution in [0, 0.1) is 5.92 Å². The van der Waals surface area contributed by atoms with Crippen LogP contribution in [0.4, 0.5) is 0 Å². The lowest BCUT2D eigenvalue weighted by Gasteiger charge is -2.21. The van der Waals surface area contributed by atoms with Gasteiger partial charge in [0.25, 0.3) is 0 Å². The molecule has 1 atom stereocenters. The predicted octanol–water partition coefficient (Wildman–Crippen LogP) is 4.98. The van der Waals surface area contributed by atoms with Crippen molar-refractivity contribution in [1.29, 1.82) is 0 Å². The molecule has 3 nitrogen and oxygen atoms in total. The van der Waals surface area contributed by atoms with Gasteiger partial charge in [0.1, 0.15) is 5.78 Å². The van der Waals surface area contributed by atoms with Crippen LogP contribution < -0.4 is 9.47 Å². The average Bonchev–Trinajstić information content (AvgIpc) is 2.51. The lowest BCUT2D eigenvalue weighted by molar-refractivity contribution is -0.121. The zero-order chi connectivity index (χ0) is 16.5. The van der Waals surface area contributed by atoms with Crippen molar-refractivity contribution in [2.45, 2.75) is 59.8 Å². The van der Waals surface area contributed by atoms with Gasteiger partial charge in [0.05, 0.1) is 13.2 Å². The number of ether oxygens (including phenoxy) is 2. The summed E-state index contributed by atoms with van der Waals surface area (Å²) in [5.41, 5.74) is 1.02. The standard InChI is InChI=1S/C19H30O3/c1-6-11-21-17-10-9-15(13-18(17)22-12-7-2)19(14(4)5)16(20)8-3/h9-10,13-14,19H,6-8,11-12H2,1-5H3. The van der Waals surface area contributed by atoms with Gasteiger partial charge in [-0.05, 0) is 36.5 Å². The van der Waals surface area contributed by atoms with Gasteiger partial charge in [-0.25, -0.2) is 0 Å². The molecule has 0 aromatic heterocycles. The highest BCUT2D eigenvalue weighted by Crippen LogP contribution is 2.35. The quantitative estimate of drug-likeness (QED) is 0.611. The largest absolute Gasteiger partial charge is 0.490 e. The van der Waals surface area contributed by atoms with Crippen molar-refractivity contribution in [3.8, 4) is 11.5 Å². The third kappa shape index (κ3) is 5.04. The van der Waals surface area contributed by atoms with Gasteiger partial charge < -0.3 is 9.47 Å². The number of rotatable bonds is 10.